The Kier molecular flexibility index (Phi) is 3.89. The molecular formula is C14H14N2OS. The van der Waals surface area contributed by atoms with Crippen molar-refractivity contribution in [1.82, 2.24) is 5.32 Å². The molecule has 3 nitrogen and oxygen atoms in total. The molecule has 1 amide bonds. The summed E-state index contributed by atoms with van der Waals surface area (Å²) in [6.45, 7) is 0. The fourth-order valence-electron chi connectivity index (χ4n) is 1.54. The Morgan fingerprint density at radius 1 is 1.17 bits per heavy atom. The SMILES string of the molecule is CNC(=O)c1ccc(Sc2ccccc2)c(N)c1. The van der Waals surface area contributed by atoms with Crippen LogP contribution in [0, 0.1) is 0 Å². The van der Waals surface area contributed by atoms with Crippen molar-refractivity contribution in [3.63, 3.8) is 0 Å². The number of anilines is 1. The Labute approximate surface area is 110 Å². The van der Waals surface area contributed by atoms with E-state index in [1.54, 1.807) is 30.9 Å². The number of carbonyl (C=O) groups is 1. The topological polar surface area (TPSA) is 55.1 Å². The van der Waals surface area contributed by atoms with Crippen molar-refractivity contribution in [3.05, 3.63) is 54.1 Å². The van der Waals surface area contributed by atoms with E-state index in [-0.39, 0.29) is 5.91 Å². The molecule has 0 aromatic heterocycles. The molecule has 0 atom stereocenters. The van der Waals surface area contributed by atoms with Gasteiger partial charge in [-0.15, -0.1) is 0 Å². The fourth-order valence-corrected chi connectivity index (χ4v) is 2.40. The third-order valence-corrected chi connectivity index (χ3v) is 3.57. The van der Waals surface area contributed by atoms with Crippen LogP contribution in [0.1, 0.15) is 10.4 Å². The van der Waals surface area contributed by atoms with E-state index in [9.17, 15) is 4.79 Å². The zero-order valence-electron chi connectivity index (χ0n) is 10.0. The van der Waals surface area contributed by atoms with E-state index in [4.69, 9.17) is 5.73 Å². The summed E-state index contributed by atoms with van der Waals surface area (Å²) in [6.07, 6.45) is 0. The Hall–Kier alpha value is -1.94. The molecule has 0 heterocycles. The Morgan fingerprint density at radius 3 is 2.50 bits per heavy atom. The predicted octanol–water partition coefficient (Wildman–Crippen LogP) is 2.78. The van der Waals surface area contributed by atoms with Gasteiger partial charge in [-0.2, -0.15) is 0 Å². The van der Waals surface area contributed by atoms with Crippen LogP contribution in [0.25, 0.3) is 0 Å². The monoisotopic (exact) mass is 258 g/mol. The van der Waals surface area contributed by atoms with E-state index >= 15 is 0 Å². The number of hydrogen-bond acceptors (Lipinski definition) is 3. The molecule has 0 saturated carbocycles. The first-order chi connectivity index (χ1) is 8.70. The second-order valence-corrected chi connectivity index (χ2v) is 4.86. The first-order valence-electron chi connectivity index (χ1n) is 5.55. The molecule has 2 rings (SSSR count). The number of hydrogen-bond donors (Lipinski definition) is 2. The van der Waals surface area contributed by atoms with Crippen LogP contribution in [0.15, 0.2) is 58.3 Å². The number of nitrogens with one attached hydrogen (secondary N) is 1. The molecule has 0 bridgehead atoms. The van der Waals surface area contributed by atoms with Crippen molar-refractivity contribution in [3.8, 4) is 0 Å². The van der Waals surface area contributed by atoms with Crippen LogP contribution in [0.3, 0.4) is 0 Å². The van der Waals surface area contributed by atoms with Gasteiger partial charge in [0, 0.05) is 28.1 Å². The van der Waals surface area contributed by atoms with Crippen LogP contribution >= 0.6 is 11.8 Å². The van der Waals surface area contributed by atoms with Gasteiger partial charge >= 0.3 is 0 Å². The van der Waals surface area contributed by atoms with Crippen molar-refractivity contribution >= 4 is 23.4 Å². The fraction of sp³-hybridized carbons (Fsp3) is 0.0714. The van der Waals surface area contributed by atoms with Crippen LogP contribution in [0.5, 0.6) is 0 Å². The van der Waals surface area contributed by atoms with Crippen LogP contribution in [0.2, 0.25) is 0 Å². The molecule has 0 fully saturated rings. The molecule has 18 heavy (non-hydrogen) atoms. The molecule has 0 aliphatic rings. The summed E-state index contributed by atoms with van der Waals surface area (Å²) in [4.78, 5) is 13.5. The van der Waals surface area contributed by atoms with E-state index in [1.807, 2.05) is 36.4 Å². The largest absolute Gasteiger partial charge is 0.398 e. The van der Waals surface area contributed by atoms with Crippen LogP contribution in [-0.4, -0.2) is 13.0 Å². The molecule has 0 radical (unpaired) electrons. The number of amides is 1. The van der Waals surface area contributed by atoms with Gasteiger partial charge in [-0.1, -0.05) is 30.0 Å². The lowest BCUT2D eigenvalue weighted by atomic mass is 10.2. The molecule has 3 N–H and O–H groups in total. The van der Waals surface area contributed by atoms with E-state index in [2.05, 4.69) is 5.32 Å². The van der Waals surface area contributed by atoms with Crippen molar-refractivity contribution in [2.45, 2.75) is 9.79 Å². The van der Waals surface area contributed by atoms with E-state index < -0.39 is 0 Å². The Morgan fingerprint density at radius 2 is 1.89 bits per heavy atom. The number of carbonyl (C=O) groups excluding carboxylic acids is 1. The van der Waals surface area contributed by atoms with Crippen LogP contribution in [-0.2, 0) is 0 Å². The lowest BCUT2D eigenvalue weighted by Gasteiger charge is -2.07. The van der Waals surface area contributed by atoms with Gasteiger partial charge in [-0.05, 0) is 30.3 Å². The van der Waals surface area contributed by atoms with Gasteiger partial charge in [0.05, 0.1) is 0 Å². The van der Waals surface area contributed by atoms with E-state index in [1.165, 1.54) is 0 Å². The highest BCUT2D eigenvalue weighted by atomic mass is 32.2. The van der Waals surface area contributed by atoms with Gasteiger partial charge in [0.1, 0.15) is 0 Å². The summed E-state index contributed by atoms with van der Waals surface area (Å²) in [6, 6.07) is 15.3. The molecular weight excluding hydrogens is 244 g/mol. The van der Waals surface area contributed by atoms with Crippen molar-refractivity contribution in [2.75, 3.05) is 12.8 Å². The van der Waals surface area contributed by atoms with Gasteiger partial charge < -0.3 is 11.1 Å². The molecule has 92 valence electrons. The number of nitrogen functional groups attached to an aromatic ring is 1. The molecule has 0 aliphatic heterocycles. The summed E-state index contributed by atoms with van der Waals surface area (Å²) >= 11 is 1.59. The molecule has 4 heteroatoms. The minimum absolute atomic E-state index is 0.127. The van der Waals surface area contributed by atoms with Crippen molar-refractivity contribution < 1.29 is 4.79 Å². The third-order valence-electron chi connectivity index (χ3n) is 2.47. The van der Waals surface area contributed by atoms with E-state index in [0.717, 1.165) is 9.79 Å². The first kappa shape index (κ1) is 12.5. The van der Waals surface area contributed by atoms with Crippen molar-refractivity contribution in [2.24, 2.45) is 0 Å². The first-order valence-corrected chi connectivity index (χ1v) is 6.37. The summed E-state index contributed by atoms with van der Waals surface area (Å²) in [7, 11) is 1.60. The Bertz CT molecular complexity index is 555. The second-order valence-electron chi connectivity index (χ2n) is 3.75. The normalized spacial score (nSPS) is 10.1. The molecule has 0 spiro atoms. The maximum absolute atomic E-state index is 11.5. The maximum atomic E-state index is 11.5. The zero-order chi connectivity index (χ0) is 13.0. The summed E-state index contributed by atoms with van der Waals surface area (Å²) in [5.41, 5.74) is 7.15. The highest BCUT2D eigenvalue weighted by Crippen LogP contribution is 2.32. The number of rotatable bonds is 3. The highest BCUT2D eigenvalue weighted by Gasteiger charge is 2.07. The predicted molar refractivity (Wildman–Crippen MR) is 74.8 cm³/mol. The summed E-state index contributed by atoms with van der Waals surface area (Å²) in [5.74, 6) is -0.127. The lowest BCUT2D eigenvalue weighted by Crippen LogP contribution is -2.17. The van der Waals surface area contributed by atoms with Crippen LogP contribution in [0.4, 0.5) is 5.69 Å². The van der Waals surface area contributed by atoms with Gasteiger partial charge in [-0.3, -0.25) is 4.79 Å². The molecule has 0 saturated heterocycles. The van der Waals surface area contributed by atoms with E-state index in [0.29, 0.717) is 11.3 Å². The average Bonchev–Trinajstić information content (AvgIpc) is 2.41. The van der Waals surface area contributed by atoms with Gasteiger partial charge in [0.2, 0.25) is 0 Å². The maximum Gasteiger partial charge on any atom is 0.251 e. The van der Waals surface area contributed by atoms with Gasteiger partial charge in [0.15, 0.2) is 0 Å². The van der Waals surface area contributed by atoms with Gasteiger partial charge in [-0.25, -0.2) is 0 Å². The smallest absolute Gasteiger partial charge is 0.251 e. The van der Waals surface area contributed by atoms with Crippen LogP contribution < -0.4 is 11.1 Å². The van der Waals surface area contributed by atoms with Gasteiger partial charge in [0.25, 0.3) is 5.91 Å². The summed E-state index contributed by atoms with van der Waals surface area (Å²) in [5, 5.41) is 2.58. The lowest BCUT2D eigenvalue weighted by molar-refractivity contribution is 0.0963. The minimum atomic E-state index is -0.127. The standard InChI is InChI=1S/C14H14N2OS/c1-16-14(17)10-7-8-13(12(15)9-10)18-11-5-3-2-4-6-11/h2-9H,15H2,1H3,(H,16,17). The second kappa shape index (κ2) is 5.60. The highest BCUT2D eigenvalue weighted by molar-refractivity contribution is 7.99. The number of nitrogens with two attached hydrogens (primary N) is 1. The van der Waals surface area contributed by atoms with Crippen molar-refractivity contribution in [1.29, 1.82) is 0 Å². The number of benzene rings is 2. The molecule has 2 aromatic carbocycles. The Balaban J connectivity index is 2.23. The summed E-state index contributed by atoms with van der Waals surface area (Å²) < 4.78 is 0. The molecule has 2 aromatic rings. The minimum Gasteiger partial charge on any atom is -0.398 e. The molecule has 0 unspecified atom stereocenters. The zero-order valence-corrected chi connectivity index (χ0v) is 10.8. The third kappa shape index (κ3) is 2.84. The molecule has 0 aliphatic carbocycles. The average molecular weight is 258 g/mol. The quantitative estimate of drug-likeness (QED) is 0.832.